The fraction of sp³-hybridized carbons (Fsp3) is 0.562. The van der Waals surface area contributed by atoms with Crippen molar-refractivity contribution in [3.05, 3.63) is 39.1 Å². The number of rotatable bonds is 5. The van der Waals surface area contributed by atoms with Gasteiger partial charge in [-0.3, -0.25) is 19.3 Å². The van der Waals surface area contributed by atoms with Gasteiger partial charge in [0, 0.05) is 12.6 Å². The molecule has 1 fully saturated rings. The Labute approximate surface area is 134 Å². The van der Waals surface area contributed by atoms with Crippen molar-refractivity contribution >= 4 is 5.71 Å². The van der Waals surface area contributed by atoms with Gasteiger partial charge in [-0.25, -0.2) is 4.79 Å². The van der Waals surface area contributed by atoms with E-state index in [1.165, 1.54) is 6.08 Å². The highest BCUT2D eigenvalue weighted by Gasteiger charge is 2.24. The number of nitrogens with one attached hydrogen (secondary N) is 1. The molecular formula is C16H24N4O3. The Morgan fingerprint density at radius 3 is 2.78 bits per heavy atom. The van der Waals surface area contributed by atoms with Crippen molar-refractivity contribution in [2.45, 2.75) is 57.7 Å². The smallest absolute Gasteiger partial charge is 0.331 e. The second kappa shape index (κ2) is 7.41. The zero-order chi connectivity index (χ0) is 17.0. The Morgan fingerprint density at radius 1 is 1.48 bits per heavy atom. The highest BCUT2D eigenvalue weighted by molar-refractivity contribution is 6.02. The monoisotopic (exact) mass is 320 g/mol. The third kappa shape index (κ3) is 3.61. The van der Waals surface area contributed by atoms with Crippen LogP contribution >= 0.6 is 0 Å². The van der Waals surface area contributed by atoms with Gasteiger partial charge in [0.2, 0.25) is 5.88 Å². The maximum atomic E-state index is 12.2. The van der Waals surface area contributed by atoms with Gasteiger partial charge >= 0.3 is 5.69 Å². The summed E-state index contributed by atoms with van der Waals surface area (Å²) in [5.74, 6) is -0.372. The highest BCUT2D eigenvalue weighted by atomic mass is 16.3. The van der Waals surface area contributed by atoms with Crippen LogP contribution in [0, 0.1) is 0 Å². The second-order valence-corrected chi connectivity index (χ2v) is 5.80. The first-order valence-corrected chi connectivity index (χ1v) is 7.99. The third-order valence-corrected chi connectivity index (χ3v) is 4.21. The van der Waals surface area contributed by atoms with E-state index < -0.39 is 11.2 Å². The molecule has 0 amide bonds. The Bertz CT molecular complexity index is 717. The summed E-state index contributed by atoms with van der Waals surface area (Å²) in [6, 6.07) is -0.0945. The lowest BCUT2D eigenvalue weighted by Gasteiger charge is -2.26. The van der Waals surface area contributed by atoms with Crippen LogP contribution in [0.3, 0.4) is 0 Å². The van der Waals surface area contributed by atoms with Gasteiger partial charge in [-0.05, 0) is 19.3 Å². The fourth-order valence-electron chi connectivity index (χ4n) is 2.95. The molecule has 7 heteroatoms. The Hall–Kier alpha value is -2.15. The molecule has 23 heavy (non-hydrogen) atoms. The molecule has 0 spiro atoms. The molecule has 7 nitrogen and oxygen atoms in total. The average molecular weight is 320 g/mol. The molecule has 1 aromatic rings. The molecule has 1 aliphatic carbocycles. The lowest BCUT2D eigenvalue weighted by atomic mass is 9.91. The van der Waals surface area contributed by atoms with E-state index in [9.17, 15) is 14.7 Å². The fourth-order valence-corrected chi connectivity index (χ4v) is 2.95. The van der Waals surface area contributed by atoms with Crippen molar-refractivity contribution in [3.63, 3.8) is 0 Å². The third-order valence-electron chi connectivity index (χ3n) is 4.21. The maximum absolute atomic E-state index is 12.2. The molecule has 0 aromatic carbocycles. The largest absolute Gasteiger partial charge is 0.494 e. The number of nitrogens with two attached hydrogens (primary N) is 1. The van der Waals surface area contributed by atoms with Crippen molar-refractivity contribution < 1.29 is 5.11 Å². The molecule has 0 radical (unpaired) electrons. The van der Waals surface area contributed by atoms with E-state index >= 15 is 0 Å². The number of nitrogens with zero attached hydrogens (tertiary/aromatic N) is 2. The van der Waals surface area contributed by atoms with E-state index in [1.54, 1.807) is 0 Å². The van der Waals surface area contributed by atoms with Crippen molar-refractivity contribution in [3.8, 4) is 5.88 Å². The average Bonchev–Trinajstić information content (AvgIpc) is 2.52. The molecule has 0 aliphatic heterocycles. The number of hydrogen-bond donors (Lipinski definition) is 3. The summed E-state index contributed by atoms with van der Waals surface area (Å²) in [4.78, 5) is 30.8. The predicted molar refractivity (Wildman–Crippen MR) is 90.2 cm³/mol. The first-order chi connectivity index (χ1) is 11.0. The molecule has 0 saturated heterocycles. The minimum atomic E-state index is -0.666. The van der Waals surface area contributed by atoms with Crippen molar-refractivity contribution in [2.75, 3.05) is 0 Å². The number of aromatic amines is 1. The minimum Gasteiger partial charge on any atom is -0.494 e. The van der Waals surface area contributed by atoms with Crippen molar-refractivity contribution in [2.24, 2.45) is 10.7 Å². The number of allylic oxidation sites excluding steroid dienone is 1. The molecule has 1 saturated carbocycles. The molecule has 4 N–H and O–H groups in total. The summed E-state index contributed by atoms with van der Waals surface area (Å²) in [7, 11) is 0. The van der Waals surface area contributed by atoms with E-state index in [0.29, 0.717) is 12.1 Å². The summed E-state index contributed by atoms with van der Waals surface area (Å²) >= 11 is 0. The Balaban J connectivity index is 2.53. The first kappa shape index (κ1) is 17.2. The Morgan fingerprint density at radius 2 is 2.17 bits per heavy atom. The SMILES string of the molecule is C=CCn1c(O)c(C(CC)=NC2CCCCC2N)c(=O)[nH]c1=O. The van der Waals surface area contributed by atoms with Gasteiger partial charge in [-0.15, -0.1) is 6.58 Å². The molecule has 1 aliphatic rings. The second-order valence-electron chi connectivity index (χ2n) is 5.80. The number of aliphatic imine (C=N–C) groups is 1. The van der Waals surface area contributed by atoms with Crippen LogP contribution in [0.4, 0.5) is 0 Å². The normalized spacial score (nSPS) is 22.1. The molecular weight excluding hydrogens is 296 g/mol. The molecule has 1 heterocycles. The molecule has 2 atom stereocenters. The standard InChI is InChI=1S/C16H24N4O3/c1-3-9-20-15(22)13(14(21)19-16(20)23)11(4-2)18-12-8-6-5-7-10(12)17/h3,10,12,22H,1,4-9,17H2,2H3,(H,19,21,23). The van der Waals surface area contributed by atoms with Gasteiger partial charge in [-0.1, -0.05) is 25.8 Å². The van der Waals surface area contributed by atoms with Gasteiger partial charge in [0.05, 0.1) is 11.8 Å². The van der Waals surface area contributed by atoms with E-state index in [0.717, 1.165) is 30.3 Å². The zero-order valence-corrected chi connectivity index (χ0v) is 13.4. The van der Waals surface area contributed by atoms with Crippen LogP contribution in [-0.4, -0.2) is 32.5 Å². The lowest BCUT2D eigenvalue weighted by molar-refractivity contribution is 0.385. The van der Waals surface area contributed by atoms with Gasteiger partial charge in [0.15, 0.2) is 0 Å². The van der Waals surface area contributed by atoms with Crippen molar-refractivity contribution in [1.82, 2.24) is 9.55 Å². The number of hydrogen-bond acceptors (Lipinski definition) is 5. The van der Waals surface area contributed by atoms with E-state index in [-0.39, 0.29) is 30.1 Å². The minimum absolute atomic E-state index is 0.0365. The summed E-state index contributed by atoms with van der Waals surface area (Å²) in [6.07, 6.45) is 5.86. The molecule has 2 unspecified atom stereocenters. The van der Waals surface area contributed by atoms with Crippen LogP contribution in [-0.2, 0) is 6.54 Å². The first-order valence-electron chi connectivity index (χ1n) is 7.99. The van der Waals surface area contributed by atoms with Gasteiger partial charge in [0.25, 0.3) is 5.56 Å². The lowest BCUT2D eigenvalue weighted by Crippen LogP contribution is -2.38. The summed E-state index contributed by atoms with van der Waals surface area (Å²) in [6.45, 7) is 5.51. The highest BCUT2D eigenvalue weighted by Crippen LogP contribution is 2.22. The zero-order valence-electron chi connectivity index (χ0n) is 13.4. The van der Waals surface area contributed by atoms with Crippen LogP contribution in [0.2, 0.25) is 0 Å². The van der Waals surface area contributed by atoms with Crippen LogP contribution in [0.5, 0.6) is 5.88 Å². The van der Waals surface area contributed by atoms with Gasteiger partial charge < -0.3 is 10.8 Å². The Kier molecular flexibility index (Phi) is 5.54. The van der Waals surface area contributed by atoms with Crippen LogP contribution in [0.1, 0.15) is 44.6 Å². The number of aromatic nitrogens is 2. The summed E-state index contributed by atoms with van der Waals surface area (Å²) in [5.41, 5.74) is 5.34. The molecule has 1 aromatic heterocycles. The van der Waals surface area contributed by atoms with Gasteiger partial charge in [0.1, 0.15) is 5.56 Å². The van der Waals surface area contributed by atoms with Crippen molar-refractivity contribution in [1.29, 1.82) is 0 Å². The molecule has 126 valence electrons. The molecule has 0 bridgehead atoms. The van der Waals surface area contributed by atoms with E-state index in [4.69, 9.17) is 5.73 Å². The van der Waals surface area contributed by atoms with E-state index in [2.05, 4.69) is 16.6 Å². The number of H-pyrrole nitrogens is 1. The molecule has 2 rings (SSSR count). The summed E-state index contributed by atoms with van der Waals surface area (Å²) < 4.78 is 1.07. The van der Waals surface area contributed by atoms with Gasteiger partial charge in [-0.2, -0.15) is 0 Å². The summed E-state index contributed by atoms with van der Waals surface area (Å²) in [5, 5.41) is 10.4. The topological polar surface area (TPSA) is 113 Å². The number of aromatic hydroxyl groups is 1. The van der Waals surface area contributed by atoms with Crippen LogP contribution in [0.15, 0.2) is 27.2 Å². The predicted octanol–water partition coefficient (Wildman–Crippen LogP) is 0.897. The quantitative estimate of drug-likeness (QED) is 0.552. The van der Waals surface area contributed by atoms with Crippen LogP contribution in [0.25, 0.3) is 0 Å². The maximum Gasteiger partial charge on any atom is 0.331 e. The van der Waals surface area contributed by atoms with Crippen LogP contribution < -0.4 is 17.0 Å². The van der Waals surface area contributed by atoms with E-state index in [1.807, 2.05) is 6.92 Å².